The van der Waals surface area contributed by atoms with Crippen LogP contribution in [-0.2, 0) is 17.1 Å². The van der Waals surface area contributed by atoms with Gasteiger partial charge in [0.2, 0.25) is 0 Å². The third-order valence-electron chi connectivity index (χ3n) is 2.79. The van der Waals surface area contributed by atoms with Gasteiger partial charge in [-0.25, -0.2) is 8.42 Å². The van der Waals surface area contributed by atoms with Gasteiger partial charge >= 0.3 is 0 Å². The first-order valence-corrected chi connectivity index (χ1v) is 7.30. The van der Waals surface area contributed by atoms with Gasteiger partial charge in [0.05, 0.1) is 11.1 Å². The van der Waals surface area contributed by atoms with E-state index in [1.165, 1.54) is 29.1 Å². The topological polar surface area (TPSA) is 119 Å². The van der Waals surface area contributed by atoms with Crippen molar-refractivity contribution in [1.29, 1.82) is 0 Å². The summed E-state index contributed by atoms with van der Waals surface area (Å²) in [5.74, 6) is 0.208. The van der Waals surface area contributed by atoms with E-state index < -0.39 is 25.5 Å². The number of nitro groups is 1. The minimum atomic E-state index is -4.11. The standard InChI is InChI=1S/C11H13N5O4S/c1-12-8-3-4-9(16(17)18)10(7-8)21(19,20)14-11-5-6-13-15(11)2/h3-7,12,14H,1-2H3. The van der Waals surface area contributed by atoms with Gasteiger partial charge in [-0.3, -0.25) is 19.5 Å². The largest absolute Gasteiger partial charge is 0.388 e. The molecule has 0 amide bonds. The lowest BCUT2D eigenvalue weighted by Crippen LogP contribution is -2.17. The molecule has 2 rings (SSSR count). The molecule has 1 aromatic carbocycles. The highest BCUT2D eigenvalue weighted by atomic mass is 32.2. The van der Waals surface area contributed by atoms with Crippen molar-refractivity contribution in [1.82, 2.24) is 9.78 Å². The molecule has 10 heteroatoms. The molecular formula is C11H13N5O4S. The van der Waals surface area contributed by atoms with Crippen LogP contribution in [0.3, 0.4) is 0 Å². The fourth-order valence-corrected chi connectivity index (χ4v) is 2.99. The van der Waals surface area contributed by atoms with Crippen molar-refractivity contribution in [2.24, 2.45) is 7.05 Å². The number of nitrogens with zero attached hydrogens (tertiary/aromatic N) is 3. The van der Waals surface area contributed by atoms with Crippen LogP contribution in [0.5, 0.6) is 0 Å². The van der Waals surface area contributed by atoms with Crippen LogP contribution in [0.4, 0.5) is 17.2 Å². The van der Waals surface area contributed by atoms with E-state index in [-0.39, 0.29) is 5.82 Å². The van der Waals surface area contributed by atoms with E-state index in [0.717, 1.165) is 6.07 Å². The van der Waals surface area contributed by atoms with Gasteiger partial charge in [-0.2, -0.15) is 5.10 Å². The lowest BCUT2D eigenvalue weighted by molar-refractivity contribution is -0.387. The predicted molar refractivity (Wildman–Crippen MR) is 76.7 cm³/mol. The number of benzene rings is 1. The first-order chi connectivity index (χ1) is 9.85. The molecule has 0 atom stereocenters. The highest BCUT2D eigenvalue weighted by Gasteiger charge is 2.27. The molecule has 0 spiro atoms. The number of nitrogens with one attached hydrogen (secondary N) is 2. The number of anilines is 2. The number of hydrogen-bond donors (Lipinski definition) is 2. The smallest absolute Gasteiger partial charge is 0.290 e. The average Bonchev–Trinajstić information content (AvgIpc) is 2.82. The fraction of sp³-hybridized carbons (Fsp3) is 0.182. The van der Waals surface area contributed by atoms with E-state index in [1.54, 1.807) is 14.1 Å². The van der Waals surface area contributed by atoms with Crippen molar-refractivity contribution in [3.05, 3.63) is 40.6 Å². The maximum absolute atomic E-state index is 12.4. The van der Waals surface area contributed by atoms with Gasteiger partial charge in [-0.05, 0) is 12.1 Å². The zero-order chi connectivity index (χ0) is 15.6. The molecule has 0 saturated carbocycles. The molecule has 0 saturated heterocycles. The van der Waals surface area contributed by atoms with E-state index in [1.807, 2.05) is 0 Å². The highest BCUT2D eigenvalue weighted by molar-refractivity contribution is 7.92. The van der Waals surface area contributed by atoms with E-state index >= 15 is 0 Å². The van der Waals surface area contributed by atoms with E-state index in [2.05, 4.69) is 15.1 Å². The summed E-state index contributed by atoms with van der Waals surface area (Å²) in [4.78, 5) is 9.86. The van der Waals surface area contributed by atoms with Gasteiger partial charge in [-0.15, -0.1) is 0 Å². The molecule has 1 heterocycles. The van der Waals surface area contributed by atoms with Crippen LogP contribution in [0.15, 0.2) is 35.4 Å². The van der Waals surface area contributed by atoms with Crippen molar-refractivity contribution in [3.8, 4) is 0 Å². The Morgan fingerprint density at radius 1 is 1.33 bits per heavy atom. The molecule has 21 heavy (non-hydrogen) atoms. The van der Waals surface area contributed by atoms with Crippen LogP contribution in [0, 0.1) is 10.1 Å². The quantitative estimate of drug-likeness (QED) is 0.632. The zero-order valence-corrected chi connectivity index (χ0v) is 12.1. The van der Waals surface area contributed by atoms with Crippen LogP contribution in [0.25, 0.3) is 0 Å². The summed E-state index contributed by atoms with van der Waals surface area (Å²) in [6, 6.07) is 5.23. The molecule has 2 aromatic rings. The van der Waals surface area contributed by atoms with Gasteiger partial charge in [-0.1, -0.05) is 0 Å². The maximum Gasteiger partial charge on any atom is 0.290 e. The molecule has 0 bridgehead atoms. The maximum atomic E-state index is 12.4. The molecule has 0 aliphatic heterocycles. The van der Waals surface area contributed by atoms with Crippen molar-refractivity contribution in [2.45, 2.75) is 4.90 Å². The third kappa shape index (κ3) is 2.94. The van der Waals surface area contributed by atoms with Crippen molar-refractivity contribution in [3.63, 3.8) is 0 Å². The van der Waals surface area contributed by atoms with Crippen LogP contribution in [0.2, 0.25) is 0 Å². The lowest BCUT2D eigenvalue weighted by Gasteiger charge is -2.10. The van der Waals surface area contributed by atoms with Crippen LogP contribution in [-0.4, -0.2) is 30.2 Å². The van der Waals surface area contributed by atoms with Crippen LogP contribution < -0.4 is 10.0 Å². The number of sulfonamides is 1. The lowest BCUT2D eigenvalue weighted by atomic mass is 10.3. The second kappa shape index (κ2) is 5.40. The molecule has 2 N–H and O–H groups in total. The Kier molecular flexibility index (Phi) is 3.80. The second-order valence-corrected chi connectivity index (χ2v) is 5.79. The van der Waals surface area contributed by atoms with E-state index in [9.17, 15) is 18.5 Å². The van der Waals surface area contributed by atoms with Gasteiger partial charge in [0.15, 0.2) is 4.90 Å². The second-order valence-electron chi connectivity index (χ2n) is 4.14. The van der Waals surface area contributed by atoms with Crippen molar-refractivity contribution in [2.75, 3.05) is 17.1 Å². The normalized spacial score (nSPS) is 11.1. The Morgan fingerprint density at radius 2 is 2.05 bits per heavy atom. The number of nitro benzene ring substituents is 1. The van der Waals surface area contributed by atoms with Crippen molar-refractivity contribution < 1.29 is 13.3 Å². The third-order valence-corrected chi connectivity index (χ3v) is 4.18. The number of aromatic nitrogens is 2. The summed E-state index contributed by atoms with van der Waals surface area (Å²) in [6.45, 7) is 0. The SMILES string of the molecule is CNc1ccc([N+](=O)[O-])c(S(=O)(=O)Nc2ccnn2C)c1. The molecule has 0 aliphatic rings. The molecule has 1 aromatic heterocycles. The minimum Gasteiger partial charge on any atom is -0.388 e. The Bertz CT molecular complexity index is 784. The number of hydrogen-bond acceptors (Lipinski definition) is 6. The Labute approximate surface area is 120 Å². The first kappa shape index (κ1) is 14.8. The summed E-state index contributed by atoms with van der Waals surface area (Å²) >= 11 is 0. The van der Waals surface area contributed by atoms with E-state index in [4.69, 9.17) is 0 Å². The van der Waals surface area contributed by atoms with Crippen molar-refractivity contribution >= 4 is 27.2 Å². The average molecular weight is 311 g/mol. The van der Waals surface area contributed by atoms with Gasteiger partial charge in [0.25, 0.3) is 15.7 Å². The molecule has 9 nitrogen and oxygen atoms in total. The fourth-order valence-electron chi connectivity index (χ4n) is 1.70. The monoisotopic (exact) mass is 311 g/mol. The highest BCUT2D eigenvalue weighted by Crippen LogP contribution is 2.28. The van der Waals surface area contributed by atoms with Crippen LogP contribution in [0.1, 0.15) is 0 Å². The van der Waals surface area contributed by atoms with Crippen LogP contribution >= 0.6 is 0 Å². The summed E-state index contributed by atoms with van der Waals surface area (Å²) in [5, 5.41) is 17.6. The predicted octanol–water partition coefficient (Wildman–Crippen LogP) is 1.17. The van der Waals surface area contributed by atoms with Gasteiger partial charge < -0.3 is 5.32 Å². The number of aryl methyl sites for hydroxylation is 1. The molecule has 0 fully saturated rings. The minimum absolute atomic E-state index is 0.208. The summed E-state index contributed by atoms with van der Waals surface area (Å²) < 4.78 is 28.3. The molecule has 0 aliphatic carbocycles. The zero-order valence-electron chi connectivity index (χ0n) is 11.3. The van der Waals surface area contributed by atoms with E-state index in [0.29, 0.717) is 5.69 Å². The Balaban J connectivity index is 2.52. The summed E-state index contributed by atoms with van der Waals surface area (Å²) in [6.07, 6.45) is 1.41. The molecule has 0 radical (unpaired) electrons. The molecule has 0 unspecified atom stereocenters. The van der Waals surface area contributed by atoms with Gasteiger partial charge in [0.1, 0.15) is 5.82 Å². The Morgan fingerprint density at radius 3 is 2.57 bits per heavy atom. The Hall–Kier alpha value is -2.62. The summed E-state index contributed by atoms with van der Waals surface area (Å²) in [5.41, 5.74) is -0.0466. The number of rotatable bonds is 5. The van der Waals surface area contributed by atoms with Gasteiger partial charge in [0, 0.05) is 31.9 Å². The summed E-state index contributed by atoms with van der Waals surface area (Å²) in [7, 11) is -0.965. The molecular weight excluding hydrogens is 298 g/mol. The molecule has 112 valence electrons. The first-order valence-electron chi connectivity index (χ1n) is 5.82.